The van der Waals surface area contributed by atoms with Crippen LogP contribution in [-0.4, -0.2) is 39.3 Å². The number of likely N-dealkylation sites (N-methyl/N-ethyl adjacent to an activating group) is 1. The summed E-state index contributed by atoms with van der Waals surface area (Å²) in [5.74, 6) is -0.971. The van der Waals surface area contributed by atoms with Gasteiger partial charge in [-0.15, -0.1) is 0 Å². The minimum Gasteiger partial charge on any atom is -0.502 e. The fraction of sp³-hybridized carbons (Fsp3) is 0.227. The maximum atomic E-state index is 12.6. The zero-order valence-electron chi connectivity index (χ0n) is 15.8. The van der Waals surface area contributed by atoms with Crippen LogP contribution in [0.1, 0.15) is 40.0 Å². The molecule has 3 aromatic rings. The molecule has 1 N–H and O–H groups in total. The first kappa shape index (κ1) is 19.2. The zero-order valence-corrected chi connectivity index (χ0v) is 16.6. The molecular weight excluding hydrogens is 390 g/mol. The Morgan fingerprint density at radius 1 is 1.14 bits per heavy atom. The molecule has 1 aromatic heterocycles. The van der Waals surface area contributed by atoms with Gasteiger partial charge < -0.3 is 10.0 Å². The Hall–Kier alpha value is -3.12. The molecule has 1 amide bonds. The van der Waals surface area contributed by atoms with Crippen molar-refractivity contribution in [3.05, 3.63) is 92.9 Å². The zero-order chi connectivity index (χ0) is 20.5. The van der Waals surface area contributed by atoms with Gasteiger partial charge in [0.15, 0.2) is 11.4 Å². The summed E-state index contributed by atoms with van der Waals surface area (Å²) in [6.45, 7) is 0.422. The SMILES string of the molecule is CN1CC(CC(c2ccccc2)c2cccc(Cl)c2)n2ncc(=O)c(O)c2C1=O. The van der Waals surface area contributed by atoms with Gasteiger partial charge in [-0.3, -0.25) is 14.3 Å². The van der Waals surface area contributed by atoms with E-state index in [1.54, 1.807) is 7.05 Å². The number of halogens is 1. The number of fused-ring (bicyclic) bond motifs is 1. The monoisotopic (exact) mass is 409 g/mol. The van der Waals surface area contributed by atoms with Crippen molar-refractivity contribution in [1.29, 1.82) is 0 Å². The molecule has 2 heterocycles. The van der Waals surface area contributed by atoms with Crippen molar-refractivity contribution < 1.29 is 9.90 Å². The highest BCUT2D eigenvalue weighted by Crippen LogP contribution is 2.36. The van der Waals surface area contributed by atoms with Crippen molar-refractivity contribution in [3.8, 4) is 5.75 Å². The third-order valence-electron chi connectivity index (χ3n) is 5.33. The molecule has 6 nitrogen and oxygen atoms in total. The fourth-order valence-corrected chi connectivity index (χ4v) is 4.11. The average Bonchev–Trinajstić information content (AvgIpc) is 2.72. The molecule has 0 fully saturated rings. The molecule has 0 spiro atoms. The summed E-state index contributed by atoms with van der Waals surface area (Å²) in [6, 6.07) is 17.5. The predicted molar refractivity (Wildman–Crippen MR) is 111 cm³/mol. The van der Waals surface area contributed by atoms with Gasteiger partial charge in [0.05, 0.1) is 12.2 Å². The molecule has 0 saturated heterocycles. The predicted octanol–water partition coefficient (Wildman–Crippen LogP) is 3.45. The average molecular weight is 410 g/mol. The van der Waals surface area contributed by atoms with Gasteiger partial charge in [0, 0.05) is 24.5 Å². The van der Waals surface area contributed by atoms with Crippen LogP contribution in [-0.2, 0) is 0 Å². The Morgan fingerprint density at radius 2 is 1.86 bits per heavy atom. The minimum absolute atomic E-state index is 0.00211. The normalized spacial score (nSPS) is 17.1. The van der Waals surface area contributed by atoms with E-state index in [0.717, 1.165) is 17.3 Å². The summed E-state index contributed by atoms with van der Waals surface area (Å²) in [6.07, 6.45) is 1.67. The number of rotatable bonds is 4. The second-order valence-corrected chi connectivity index (χ2v) is 7.68. The molecule has 1 aliphatic heterocycles. The lowest BCUT2D eigenvalue weighted by atomic mass is 9.85. The van der Waals surface area contributed by atoms with Crippen LogP contribution in [0.2, 0.25) is 5.02 Å². The van der Waals surface area contributed by atoms with Crippen molar-refractivity contribution in [2.75, 3.05) is 13.6 Å². The van der Waals surface area contributed by atoms with Gasteiger partial charge in [0.1, 0.15) is 0 Å². The number of benzene rings is 2. The number of aromatic nitrogens is 2. The van der Waals surface area contributed by atoms with E-state index in [-0.39, 0.29) is 17.7 Å². The summed E-state index contributed by atoms with van der Waals surface area (Å²) in [5.41, 5.74) is 1.44. The molecule has 0 radical (unpaired) electrons. The number of carbonyl (C=O) groups is 1. The maximum Gasteiger partial charge on any atom is 0.275 e. The van der Waals surface area contributed by atoms with Crippen LogP contribution in [0.15, 0.2) is 65.6 Å². The highest BCUT2D eigenvalue weighted by molar-refractivity contribution is 6.30. The van der Waals surface area contributed by atoms with E-state index in [9.17, 15) is 14.7 Å². The molecular formula is C22H20ClN3O3. The van der Waals surface area contributed by atoms with Gasteiger partial charge in [0.2, 0.25) is 5.43 Å². The Kier molecular flexibility index (Phi) is 5.11. The van der Waals surface area contributed by atoms with Gasteiger partial charge >= 0.3 is 0 Å². The Morgan fingerprint density at radius 3 is 2.59 bits per heavy atom. The highest BCUT2D eigenvalue weighted by atomic mass is 35.5. The highest BCUT2D eigenvalue weighted by Gasteiger charge is 2.34. The van der Waals surface area contributed by atoms with Crippen LogP contribution in [0, 0.1) is 0 Å². The quantitative estimate of drug-likeness (QED) is 0.716. The van der Waals surface area contributed by atoms with E-state index in [1.165, 1.54) is 9.58 Å². The molecule has 0 bridgehead atoms. The van der Waals surface area contributed by atoms with Gasteiger partial charge in [-0.2, -0.15) is 5.10 Å². The lowest BCUT2D eigenvalue weighted by molar-refractivity contribution is 0.0688. The van der Waals surface area contributed by atoms with Crippen molar-refractivity contribution in [2.24, 2.45) is 0 Å². The largest absolute Gasteiger partial charge is 0.502 e. The van der Waals surface area contributed by atoms with E-state index >= 15 is 0 Å². The molecule has 2 atom stereocenters. The van der Waals surface area contributed by atoms with Gasteiger partial charge in [0.25, 0.3) is 5.91 Å². The molecule has 2 unspecified atom stereocenters. The van der Waals surface area contributed by atoms with Crippen LogP contribution in [0.25, 0.3) is 0 Å². The summed E-state index contributed by atoms with van der Waals surface area (Å²) < 4.78 is 1.49. The lowest BCUT2D eigenvalue weighted by Gasteiger charge is -2.35. The van der Waals surface area contributed by atoms with E-state index in [4.69, 9.17) is 11.6 Å². The summed E-state index contributed by atoms with van der Waals surface area (Å²) in [5, 5.41) is 15.0. The van der Waals surface area contributed by atoms with Crippen LogP contribution >= 0.6 is 11.6 Å². The first-order valence-corrected chi connectivity index (χ1v) is 9.70. The smallest absolute Gasteiger partial charge is 0.275 e. The van der Waals surface area contributed by atoms with E-state index in [2.05, 4.69) is 17.2 Å². The van der Waals surface area contributed by atoms with Crippen molar-refractivity contribution >= 4 is 17.5 Å². The molecule has 0 saturated carbocycles. The lowest BCUT2D eigenvalue weighted by Crippen LogP contribution is -2.43. The molecule has 2 aromatic carbocycles. The third kappa shape index (κ3) is 3.63. The number of carbonyl (C=O) groups excluding carboxylic acids is 1. The van der Waals surface area contributed by atoms with E-state index < -0.39 is 17.1 Å². The molecule has 0 aliphatic carbocycles. The first-order chi connectivity index (χ1) is 14.0. The molecule has 29 heavy (non-hydrogen) atoms. The molecule has 148 valence electrons. The molecule has 7 heteroatoms. The topological polar surface area (TPSA) is 75.4 Å². The summed E-state index contributed by atoms with van der Waals surface area (Å²) in [7, 11) is 1.66. The van der Waals surface area contributed by atoms with Crippen LogP contribution < -0.4 is 5.43 Å². The number of hydrogen-bond donors (Lipinski definition) is 1. The van der Waals surface area contributed by atoms with Gasteiger partial charge in [-0.05, 0) is 29.7 Å². The van der Waals surface area contributed by atoms with E-state index in [1.807, 2.05) is 42.5 Å². The minimum atomic E-state index is -0.659. The summed E-state index contributed by atoms with van der Waals surface area (Å²) in [4.78, 5) is 25.9. The van der Waals surface area contributed by atoms with Gasteiger partial charge in [-0.25, -0.2) is 0 Å². The number of hydrogen-bond acceptors (Lipinski definition) is 4. The van der Waals surface area contributed by atoms with Crippen molar-refractivity contribution in [2.45, 2.75) is 18.4 Å². The second kappa shape index (κ2) is 7.72. The number of amides is 1. The van der Waals surface area contributed by atoms with Crippen LogP contribution in [0.4, 0.5) is 0 Å². The first-order valence-electron chi connectivity index (χ1n) is 9.32. The Balaban J connectivity index is 1.79. The Labute approximate surface area is 173 Å². The van der Waals surface area contributed by atoms with Crippen molar-refractivity contribution in [3.63, 3.8) is 0 Å². The van der Waals surface area contributed by atoms with Crippen LogP contribution in [0.3, 0.4) is 0 Å². The summed E-state index contributed by atoms with van der Waals surface area (Å²) >= 11 is 6.24. The van der Waals surface area contributed by atoms with Crippen molar-refractivity contribution in [1.82, 2.24) is 14.7 Å². The fourth-order valence-electron chi connectivity index (χ4n) is 3.91. The molecule has 1 aliphatic rings. The maximum absolute atomic E-state index is 12.6. The number of nitrogens with zero attached hydrogens (tertiary/aromatic N) is 3. The van der Waals surface area contributed by atoms with Gasteiger partial charge in [-0.1, -0.05) is 54.1 Å². The third-order valence-corrected chi connectivity index (χ3v) is 5.56. The second-order valence-electron chi connectivity index (χ2n) is 7.24. The van der Waals surface area contributed by atoms with Crippen LogP contribution in [0.5, 0.6) is 5.75 Å². The van der Waals surface area contributed by atoms with E-state index in [0.29, 0.717) is 18.0 Å². The Bertz CT molecular complexity index is 1110. The standard InChI is InChI=1S/C22H20ClN3O3/c1-25-13-17(26-20(22(25)29)21(28)19(27)12-24-26)11-18(14-6-3-2-4-7-14)15-8-5-9-16(23)10-15/h2-10,12,17-18,28H,11,13H2,1H3. The number of aromatic hydroxyl groups is 1. The molecule has 4 rings (SSSR count).